The van der Waals surface area contributed by atoms with E-state index in [-0.39, 0.29) is 12.8 Å². The summed E-state index contributed by atoms with van der Waals surface area (Å²) in [7, 11) is 0. The third-order valence-electron chi connectivity index (χ3n) is 4.54. The molecule has 3 heteroatoms. The van der Waals surface area contributed by atoms with Crippen LogP contribution < -0.4 is 0 Å². The van der Waals surface area contributed by atoms with Gasteiger partial charge in [0.2, 0.25) is 0 Å². The van der Waals surface area contributed by atoms with Gasteiger partial charge < -0.3 is 4.74 Å². The van der Waals surface area contributed by atoms with Gasteiger partial charge in [0, 0.05) is 12.8 Å². The standard InChI is InChI=1S/C24H42O3/c1-3-5-7-9-11-13-15-17-19-21-23(25)27-24(26)22-20-18-16-14-12-10-8-6-4-2/h15-18H,3-14,19-22H2,1-2H3. The lowest BCUT2D eigenvalue weighted by molar-refractivity contribution is -0.159. The second kappa shape index (κ2) is 20.9. The Hall–Kier alpha value is -1.38. The molecule has 0 bridgehead atoms. The van der Waals surface area contributed by atoms with E-state index >= 15 is 0 Å². The predicted molar refractivity (Wildman–Crippen MR) is 115 cm³/mol. The van der Waals surface area contributed by atoms with E-state index < -0.39 is 11.9 Å². The Labute approximate surface area is 167 Å². The minimum Gasteiger partial charge on any atom is -0.393 e. The molecule has 3 nitrogen and oxygen atoms in total. The van der Waals surface area contributed by atoms with Crippen molar-refractivity contribution >= 4 is 11.9 Å². The third kappa shape index (κ3) is 20.8. The average Bonchev–Trinajstić information content (AvgIpc) is 2.65. The van der Waals surface area contributed by atoms with Gasteiger partial charge in [-0.1, -0.05) is 89.5 Å². The van der Waals surface area contributed by atoms with Gasteiger partial charge in [0.25, 0.3) is 0 Å². The number of rotatable bonds is 18. The zero-order valence-electron chi connectivity index (χ0n) is 17.8. The monoisotopic (exact) mass is 378 g/mol. The van der Waals surface area contributed by atoms with Crippen molar-refractivity contribution in [2.75, 3.05) is 0 Å². The van der Waals surface area contributed by atoms with Crippen molar-refractivity contribution in [1.82, 2.24) is 0 Å². The first-order valence-electron chi connectivity index (χ1n) is 11.2. The van der Waals surface area contributed by atoms with Gasteiger partial charge in [0.05, 0.1) is 0 Å². The van der Waals surface area contributed by atoms with Crippen molar-refractivity contribution in [3.05, 3.63) is 24.3 Å². The quantitative estimate of drug-likeness (QED) is 0.108. The van der Waals surface area contributed by atoms with Crippen LogP contribution in [0.5, 0.6) is 0 Å². The number of ether oxygens (including phenoxy) is 1. The van der Waals surface area contributed by atoms with Crippen molar-refractivity contribution in [2.45, 2.75) is 117 Å². The SMILES string of the molecule is CCCCCCCC=CCCC(=O)OC(=O)CCC=CCCCCCCC. The molecular weight excluding hydrogens is 336 g/mol. The Morgan fingerprint density at radius 1 is 0.556 bits per heavy atom. The molecule has 0 N–H and O–H groups in total. The van der Waals surface area contributed by atoms with Crippen molar-refractivity contribution in [1.29, 1.82) is 0 Å². The molecule has 0 heterocycles. The molecule has 0 unspecified atom stereocenters. The fraction of sp³-hybridized carbons (Fsp3) is 0.750. The van der Waals surface area contributed by atoms with Gasteiger partial charge in [-0.2, -0.15) is 0 Å². The molecule has 156 valence electrons. The summed E-state index contributed by atoms with van der Waals surface area (Å²) in [6.45, 7) is 4.44. The zero-order chi connectivity index (χ0) is 20.0. The van der Waals surface area contributed by atoms with E-state index in [1.165, 1.54) is 64.2 Å². The highest BCUT2D eigenvalue weighted by atomic mass is 16.6. The summed E-state index contributed by atoms with van der Waals surface area (Å²) < 4.78 is 4.85. The fourth-order valence-electron chi connectivity index (χ4n) is 2.83. The van der Waals surface area contributed by atoms with Crippen LogP contribution in [-0.2, 0) is 14.3 Å². The zero-order valence-corrected chi connectivity index (χ0v) is 17.8. The van der Waals surface area contributed by atoms with Gasteiger partial charge >= 0.3 is 11.9 Å². The van der Waals surface area contributed by atoms with Gasteiger partial charge in [-0.05, 0) is 38.5 Å². The molecule has 0 amide bonds. The summed E-state index contributed by atoms with van der Waals surface area (Å²) in [4.78, 5) is 23.3. The van der Waals surface area contributed by atoms with E-state index in [4.69, 9.17) is 4.74 Å². The highest BCUT2D eigenvalue weighted by molar-refractivity contribution is 5.85. The van der Waals surface area contributed by atoms with Crippen LogP contribution in [0.25, 0.3) is 0 Å². The minimum absolute atomic E-state index is 0.283. The predicted octanol–water partition coefficient (Wildman–Crippen LogP) is 7.45. The summed E-state index contributed by atoms with van der Waals surface area (Å²) in [5.74, 6) is -0.819. The Bertz CT molecular complexity index is 372. The number of unbranched alkanes of at least 4 members (excludes halogenated alkanes) is 10. The van der Waals surface area contributed by atoms with Gasteiger partial charge in [0.15, 0.2) is 0 Å². The summed E-state index contributed by atoms with van der Waals surface area (Å²) in [6, 6.07) is 0. The number of hydrogen-bond acceptors (Lipinski definition) is 3. The number of carbonyl (C=O) groups excluding carboxylic acids is 2. The first-order valence-corrected chi connectivity index (χ1v) is 11.2. The first-order chi connectivity index (χ1) is 13.2. The lowest BCUT2D eigenvalue weighted by atomic mass is 10.1. The lowest BCUT2D eigenvalue weighted by Crippen LogP contribution is -2.11. The van der Waals surface area contributed by atoms with Crippen molar-refractivity contribution in [2.24, 2.45) is 0 Å². The van der Waals surface area contributed by atoms with Crippen molar-refractivity contribution in [3.8, 4) is 0 Å². The molecule has 0 radical (unpaired) electrons. The molecule has 0 aromatic carbocycles. The van der Waals surface area contributed by atoms with E-state index in [1.54, 1.807) is 0 Å². The largest absolute Gasteiger partial charge is 0.393 e. The molecule has 0 aliphatic heterocycles. The Morgan fingerprint density at radius 3 is 1.33 bits per heavy atom. The maximum atomic E-state index is 11.6. The summed E-state index contributed by atoms with van der Waals surface area (Å²) in [6.07, 6.45) is 25.1. The average molecular weight is 379 g/mol. The molecule has 0 rings (SSSR count). The fourth-order valence-corrected chi connectivity index (χ4v) is 2.83. The molecule has 0 saturated heterocycles. The molecule has 0 saturated carbocycles. The second-order valence-electron chi connectivity index (χ2n) is 7.27. The summed E-state index contributed by atoms with van der Waals surface area (Å²) in [5.41, 5.74) is 0. The molecule has 0 atom stereocenters. The van der Waals surface area contributed by atoms with Crippen LogP contribution in [0.15, 0.2) is 24.3 Å². The van der Waals surface area contributed by atoms with Crippen LogP contribution in [-0.4, -0.2) is 11.9 Å². The minimum atomic E-state index is -0.410. The molecule has 0 aromatic heterocycles. The van der Waals surface area contributed by atoms with Crippen LogP contribution in [0.2, 0.25) is 0 Å². The van der Waals surface area contributed by atoms with Crippen molar-refractivity contribution in [3.63, 3.8) is 0 Å². The summed E-state index contributed by atoms with van der Waals surface area (Å²) in [5, 5.41) is 0. The third-order valence-corrected chi connectivity index (χ3v) is 4.54. The molecule has 0 spiro atoms. The van der Waals surface area contributed by atoms with Crippen LogP contribution >= 0.6 is 0 Å². The number of esters is 2. The Kier molecular flexibility index (Phi) is 19.9. The molecule has 27 heavy (non-hydrogen) atoms. The van der Waals surface area contributed by atoms with Gasteiger partial charge in [-0.3, -0.25) is 9.59 Å². The molecule has 0 aliphatic rings. The van der Waals surface area contributed by atoms with Gasteiger partial charge in [-0.25, -0.2) is 0 Å². The molecular formula is C24H42O3. The van der Waals surface area contributed by atoms with Crippen LogP contribution in [0.4, 0.5) is 0 Å². The molecule has 0 aromatic rings. The van der Waals surface area contributed by atoms with Gasteiger partial charge in [0.1, 0.15) is 0 Å². The Balaban J connectivity index is 3.51. The molecule has 0 aliphatic carbocycles. The number of carbonyl (C=O) groups is 2. The lowest BCUT2D eigenvalue weighted by Gasteiger charge is -2.00. The van der Waals surface area contributed by atoms with Crippen LogP contribution in [0, 0.1) is 0 Å². The normalized spacial score (nSPS) is 11.5. The Morgan fingerprint density at radius 2 is 0.926 bits per heavy atom. The van der Waals surface area contributed by atoms with E-state index in [0.29, 0.717) is 12.8 Å². The van der Waals surface area contributed by atoms with Crippen LogP contribution in [0.1, 0.15) is 117 Å². The number of allylic oxidation sites excluding steroid dienone is 4. The van der Waals surface area contributed by atoms with Crippen molar-refractivity contribution < 1.29 is 14.3 Å². The highest BCUT2D eigenvalue weighted by Crippen LogP contribution is 2.07. The highest BCUT2D eigenvalue weighted by Gasteiger charge is 2.08. The van der Waals surface area contributed by atoms with E-state index in [9.17, 15) is 9.59 Å². The van der Waals surface area contributed by atoms with E-state index in [1.807, 2.05) is 12.2 Å². The van der Waals surface area contributed by atoms with Crippen LogP contribution in [0.3, 0.4) is 0 Å². The maximum absolute atomic E-state index is 11.6. The van der Waals surface area contributed by atoms with Gasteiger partial charge in [-0.15, -0.1) is 0 Å². The topological polar surface area (TPSA) is 43.4 Å². The first kappa shape index (κ1) is 25.6. The van der Waals surface area contributed by atoms with E-state index in [2.05, 4.69) is 26.0 Å². The molecule has 0 fully saturated rings. The maximum Gasteiger partial charge on any atom is 0.313 e. The second-order valence-corrected chi connectivity index (χ2v) is 7.27. The summed E-state index contributed by atoms with van der Waals surface area (Å²) >= 11 is 0. The number of hydrogen-bond donors (Lipinski definition) is 0. The smallest absolute Gasteiger partial charge is 0.313 e. The van der Waals surface area contributed by atoms with E-state index in [0.717, 1.165) is 12.8 Å².